The molecule has 1 fully saturated rings. The lowest BCUT2D eigenvalue weighted by Crippen LogP contribution is -2.57. The van der Waals surface area contributed by atoms with Gasteiger partial charge in [0.05, 0.1) is 18.1 Å². The first-order valence-electron chi connectivity index (χ1n) is 9.25. The highest BCUT2D eigenvalue weighted by Crippen LogP contribution is 2.30. The van der Waals surface area contributed by atoms with Gasteiger partial charge in [0.1, 0.15) is 5.54 Å². The SMILES string of the molecule is COC(=O)C1(NC(=O)C(C)SCC(=O)Nc2ccc(C)cc2)CCCCC1. The van der Waals surface area contributed by atoms with Crippen LogP contribution in [-0.4, -0.2) is 41.4 Å². The number of nitrogens with one attached hydrogen (secondary N) is 2. The molecule has 1 atom stereocenters. The van der Waals surface area contributed by atoms with Crippen LogP contribution in [0.15, 0.2) is 24.3 Å². The zero-order valence-electron chi connectivity index (χ0n) is 16.2. The van der Waals surface area contributed by atoms with Crippen LogP contribution in [0.1, 0.15) is 44.6 Å². The second-order valence-electron chi connectivity index (χ2n) is 6.99. The first-order chi connectivity index (χ1) is 12.9. The Morgan fingerprint density at radius 1 is 1.15 bits per heavy atom. The molecular weight excluding hydrogens is 364 g/mol. The van der Waals surface area contributed by atoms with Crippen LogP contribution in [0.25, 0.3) is 0 Å². The third kappa shape index (κ3) is 5.99. The molecular formula is C20H28N2O4S. The molecule has 0 spiro atoms. The molecule has 0 aromatic heterocycles. The lowest BCUT2D eigenvalue weighted by Gasteiger charge is -2.35. The number of methoxy groups -OCH3 is 1. The maximum atomic E-state index is 12.6. The Kier molecular flexibility index (Phi) is 7.71. The highest BCUT2D eigenvalue weighted by Gasteiger charge is 2.42. The molecule has 7 heteroatoms. The molecule has 0 aliphatic heterocycles. The monoisotopic (exact) mass is 392 g/mol. The van der Waals surface area contributed by atoms with E-state index in [2.05, 4.69) is 10.6 Å². The number of hydrogen-bond acceptors (Lipinski definition) is 5. The summed E-state index contributed by atoms with van der Waals surface area (Å²) >= 11 is 1.25. The van der Waals surface area contributed by atoms with Gasteiger partial charge in [0.2, 0.25) is 11.8 Å². The summed E-state index contributed by atoms with van der Waals surface area (Å²) in [5.74, 6) is -0.627. The molecule has 148 valence electrons. The number of rotatable bonds is 7. The van der Waals surface area contributed by atoms with Gasteiger partial charge in [-0.15, -0.1) is 11.8 Å². The van der Waals surface area contributed by atoms with Crippen molar-refractivity contribution in [2.45, 2.75) is 56.7 Å². The number of esters is 1. The Balaban J connectivity index is 1.85. The maximum absolute atomic E-state index is 12.6. The van der Waals surface area contributed by atoms with Gasteiger partial charge in [0.25, 0.3) is 0 Å². The lowest BCUT2D eigenvalue weighted by atomic mass is 9.81. The van der Waals surface area contributed by atoms with Gasteiger partial charge >= 0.3 is 5.97 Å². The van der Waals surface area contributed by atoms with Gasteiger partial charge in [-0.1, -0.05) is 37.0 Å². The van der Waals surface area contributed by atoms with Crippen LogP contribution in [0.3, 0.4) is 0 Å². The normalized spacial score (nSPS) is 16.9. The molecule has 0 radical (unpaired) electrons. The van der Waals surface area contributed by atoms with Crippen LogP contribution in [-0.2, 0) is 19.1 Å². The number of aryl methyl sites for hydroxylation is 1. The Hall–Kier alpha value is -2.02. The van der Waals surface area contributed by atoms with Crippen molar-refractivity contribution < 1.29 is 19.1 Å². The van der Waals surface area contributed by atoms with E-state index in [1.165, 1.54) is 18.9 Å². The zero-order valence-corrected chi connectivity index (χ0v) is 17.0. The smallest absolute Gasteiger partial charge is 0.331 e. The van der Waals surface area contributed by atoms with Gasteiger partial charge in [0, 0.05) is 5.69 Å². The molecule has 1 aromatic rings. The van der Waals surface area contributed by atoms with E-state index >= 15 is 0 Å². The van der Waals surface area contributed by atoms with Crippen molar-refractivity contribution >= 4 is 35.2 Å². The number of benzene rings is 1. The van der Waals surface area contributed by atoms with Gasteiger partial charge in [-0.05, 0) is 38.8 Å². The van der Waals surface area contributed by atoms with Crippen molar-refractivity contribution in [2.75, 3.05) is 18.2 Å². The third-order valence-corrected chi connectivity index (χ3v) is 5.96. The average Bonchev–Trinajstić information content (AvgIpc) is 2.67. The largest absolute Gasteiger partial charge is 0.467 e. The Bertz CT molecular complexity index is 669. The number of amides is 2. The molecule has 27 heavy (non-hydrogen) atoms. The Morgan fingerprint density at radius 2 is 1.78 bits per heavy atom. The number of ether oxygens (including phenoxy) is 1. The summed E-state index contributed by atoms with van der Waals surface area (Å²) in [6, 6.07) is 7.54. The van der Waals surface area contributed by atoms with Gasteiger partial charge in [-0.25, -0.2) is 4.79 Å². The van der Waals surface area contributed by atoms with Crippen molar-refractivity contribution in [3.8, 4) is 0 Å². The fraction of sp³-hybridized carbons (Fsp3) is 0.550. The minimum absolute atomic E-state index is 0.160. The average molecular weight is 393 g/mol. The third-order valence-electron chi connectivity index (χ3n) is 4.81. The van der Waals surface area contributed by atoms with E-state index in [1.807, 2.05) is 31.2 Å². The van der Waals surface area contributed by atoms with E-state index in [9.17, 15) is 14.4 Å². The van der Waals surface area contributed by atoms with E-state index in [-0.39, 0.29) is 23.5 Å². The van der Waals surface area contributed by atoms with Crippen molar-refractivity contribution in [3.63, 3.8) is 0 Å². The van der Waals surface area contributed by atoms with Gasteiger partial charge in [-0.3, -0.25) is 9.59 Å². The highest BCUT2D eigenvalue weighted by molar-refractivity contribution is 8.01. The summed E-state index contributed by atoms with van der Waals surface area (Å²) in [5, 5.41) is 5.26. The summed E-state index contributed by atoms with van der Waals surface area (Å²) in [5.41, 5.74) is 0.924. The maximum Gasteiger partial charge on any atom is 0.331 e. The quantitative estimate of drug-likeness (QED) is 0.697. The van der Waals surface area contributed by atoms with Crippen molar-refractivity contribution in [1.82, 2.24) is 5.32 Å². The minimum atomic E-state index is -0.928. The van der Waals surface area contributed by atoms with E-state index in [0.29, 0.717) is 12.8 Å². The van der Waals surface area contributed by atoms with Gasteiger partial charge < -0.3 is 15.4 Å². The minimum Gasteiger partial charge on any atom is -0.467 e. The van der Waals surface area contributed by atoms with Gasteiger partial charge in [-0.2, -0.15) is 0 Å². The number of thioether (sulfide) groups is 1. The van der Waals surface area contributed by atoms with Crippen molar-refractivity contribution in [3.05, 3.63) is 29.8 Å². The van der Waals surface area contributed by atoms with E-state index in [4.69, 9.17) is 4.74 Å². The summed E-state index contributed by atoms with van der Waals surface area (Å²) < 4.78 is 4.92. The summed E-state index contributed by atoms with van der Waals surface area (Å²) in [6.07, 6.45) is 4.01. The zero-order chi connectivity index (χ0) is 19.9. The summed E-state index contributed by atoms with van der Waals surface area (Å²) in [7, 11) is 1.35. The lowest BCUT2D eigenvalue weighted by molar-refractivity contribution is -0.152. The van der Waals surface area contributed by atoms with E-state index in [0.717, 1.165) is 30.5 Å². The first kappa shape index (κ1) is 21.3. The fourth-order valence-electron chi connectivity index (χ4n) is 3.18. The molecule has 2 amide bonds. The van der Waals surface area contributed by atoms with E-state index < -0.39 is 10.8 Å². The van der Waals surface area contributed by atoms with Crippen molar-refractivity contribution in [1.29, 1.82) is 0 Å². The molecule has 2 rings (SSSR count). The summed E-state index contributed by atoms with van der Waals surface area (Å²) in [4.78, 5) is 36.9. The first-order valence-corrected chi connectivity index (χ1v) is 10.3. The van der Waals surface area contributed by atoms with Crippen LogP contribution in [0.4, 0.5) is 5.69 Å². The molecule has 1 saturated carbocycles. The van der Waals surface area contributed by atoms with Crippen LogP contribution in [0.2, 0.25) is 0 Å². The summed E-state index contributed by atoms with van der Waals surface area (Å²) in [6.45, 7) is 3.72. The molecule has 1 aliphatic rings. The molecule has 1 unspecified atom stereocenters. The van der Waals surface area contributed by atoms with Crippen LogP contribution in [0.5, 0.6) is 0 Å². The van der Waals surface area contributed by atoms with Crippen LogP contribution < -0.4 is 10.6 Å². The predicted octanol–water partition coefficient (Wildman–Crippen LogP) is 3.05. The second-order valence-corrected chi connectivity index (χ2v) is 8.32. The Morgan fingerprint density at radius 3 is 2.37 bits per heavy atom. The number of carbonyl (C=O) groups excluding carboxylic acids is 3. The van der Waals surface area contributed by atoms with Crippen LogP contribution >= 0.6 is 11.8 Å². The number of anilines is 1. The second kappa shape index (κ2) is 9.78. The topological polar surface area (TPSA) is 84.5 Å². The molecule has 0 bridgehead atoms. The molecule has 0 saturated heterocycles. The molecule has 2 N–H and O–H groups in total. The number of carbonyl (C=O) groups is 3. The Labute approximate surface area is 164 Å². The fourth-order valence-corrected chi connectivity index (χ4v) is 3.86. The molecule has 1 aliphatic carbocycles. The number of hydrogen-bond donors (Lipinski definition) is 2. The standard InChI is InChI=1S/C20H28N2O4S/c1-14-7-9-16(10-8-14)21-17(23)13-27-15(2)18(24)22-20(19(25)26-3)11-5-4-6-12-20/h7-10,15H,4-6,11-13H2,1-3H3,(H,21,23)(H,22,24). The van der Waals surface area contributed by atoms with Crippen LogP contribution in [0, 0.1) is 6.92 Å². The molecule has 1 aromatic carbocycles. The molecule has 0 heterocycles. The molecule has 6 nitrogen and oxygen atoms in total. The highest BCUT2D eigenvalue weighted by atomic mass is 32.2. The van der Waals surface area contributed by atoms with Gasteiger partial charge in [0.15, 0.2) is 0 Å². The van der Waals surface area contributed by atoms with Crippen molar-refractivity contribution in [2.24, 2.45) is 0 Å². The van der Waals surface area contributed by atoms with E-state index in [1.54, 1.807) is 6.92 Å². The predicted molar refractivity (Wildman–Crippen MR) is 108 cm³/mol.